The number of rotatable bonds is 6. The molecule has 0 saturated carbocycles. The maximum absolute atomic E-state index is 10.3. The zero-order valence-electron chi connectivity index (χ0n) is 12.7. The van der Waals surface area contributed by atoms with Crippen LogP contribution in [0.15, 0.2) is 35.9 Å². The Morgan fingerprint density at radius 3 is 2.65 bits per heavy atom. The van der Waals surface area contributed by atoms with Crippen molar-refractivity contribution in [3.05, 3.63) is 41.5 Å². The van der Waals surface area contributed by atoms with E-state index in [-0.39, 0.29) is 5.75 Å². The van der Waals surface area contributed by atoms with Gasteiger partial charge < -0.3 is 14.9 Å². The van der Waals surface area contributed by atoms with Crippen LogP contribution < -0.4 is 4.74 Å². The molecule has 0 aliphatic carbocycles. The second kappa shape index (κ2) is 7.15. The lowest BCUT2D eigenvalue weighted by atomic mass is 9.97. The molecule has 2 N–H and O–H groups in total. The number of ether oxygens (including phenoxy) is 1. The molecule has 110 valence electrons. The molecule has 3 nitrogen and oxygen atoms in total. The van der Waals surface area contributed by atoms with Crippen molar-refractivity contribution in [2.24, 2.45) is 0 Å². The van der Waals surface area contributed by atoms with Crippen LogP contribution in [0.4, 0.5) is 0 Å². The molecule has 0 saturated heterocycles. The molecule has 0 heterocycles. The molecule has 1 rings (SSSR count). The summed E-state index contributed by atoms with van der Waals surface area (Å²) >= 11 is 0. The van der Waals surface area contributed by atoms with E-state index in [1.54, 1.807) is 44.4 Å². The van der Waals surface area contributed by atoms with E-state index >= 15 is 0 Å². The zero-order chi connectivity index (χ0) is 15.2. The van der Waals surface area contributed by atoms with Gasteiger partial charge in [0.15, 0.2) is 0 Å². The Bertz CT molecular complexity index is 495. The van der Waals surface area contributed by atoms with E-state index in [9.17, 15) is 10.2 Å². The smallest absolute Gasteiger partial charge is 0.123 e. The van der Waals surface area contributed by atoms with Gasteiger partial charge in [-0.3, -0.25) is 0 Å². The van der Waals surface area contributed by atoms with Crippen LogP contribution in [0, 0.1) is 0 Å². The number of aromatic hydroxyl groups is 1. The van der Waals surface area contributed by atoms with Crippen LogP contribution in [0.2, 0.25) is 0 Å². The minimum Gasteiger partial charge on any atom is -0.507 e. The van der Waals surface area contributed by atoms with Crippen LogP contribution >= 0.6 is 0 Å². The lowest BCUT2D eigenvalue weighted by Crippen LogP contribution is -2.19. The molecule has 0 aromatic heterocycles. The molecular formula is C17H24O3. The first-order valence-electron chi connectivity index (χ1n) is 6.76. The van der Waals surface area contributed by atoms with Crippen molar-refractivity contribution < 1.29 is 14.9 Å². The summed E-state index contributed by atoms with van der Waals surface area (Å²) in [7, 11) is 1.58. The van der Waals surface area contributed by atoms with Gasteiger partial charge in [-0.05, 0) is 51.8 Å². The maximum atomic E-state index is 10.3. The van der Waals surface area contributed by atoms with E-state index in [1.165, 1.54) is 5.57 Å². The van der Waals surface area contributed by atoms with Gasteiger partial charge in [0.05, 0.1) is 12.7 Å². The summed E-state index contributed by atoms with van der Waals surface area (Å²) in [5.74, 6) is 0.841. The third-order valence-corrected chi connectivity index (χ3v) is 3.06. The highest BCUT2D eigenvalue weighted by Crippen LogP contribution is 2.25. The predicted molar refractivity (Wildman–Crippen MR) is 83.0 cm³/mol. The minimum atomic E-state index is -0.901. The molecule has 0 spiro atoms. The average Bonchev–Trinajstić information content (AvgIpc) is 2.37. The standard InChI is InChI=1S/C17H24O3/c1-13(2)6-5-10-17(3,19)11-9-14-12-15(20-4)7-8-16(14)18/h6-9,11-12,18-19H,5,10H2,1-4H3/b11-9+/t17-/m0/s1. The molecule has 0 amide bonds. The highest BCUT2D eigenvalue weighted by atomic mass is 16.5. The van der Waals surface area contributed by atoms with Gasteiger partial charge in [0.2, 0.25) is 0 Å². The minimum absolute atomic E-state index is 0.169. The Morgan fingerprint density at radius 1 is 1.35 bits per heavy atom. The first kappa shape index (κ1) is 16.3. The van der Waals surface area contributed by atoms with Crippen molar-refractivity contribution >= 4 is 6.08 Å². The number of hydrogen-bond acceptors (Lipinski definition) is 3. The van der Waals surface area contributed by atoms with Crippen LogP contribution in [0.25, 0.3) is 6.08 Å². The lowest BCUT2D eigenvalue weighted by Gasteiger charge is -2.18. The molecule has 0 radical (unpaired) electrons. The topological polar surface area (TPSA) is 49.7 Å². The summed E-state index contributed by atoms with van der Waals surface area (Å²) in [5.41, 5.74) is 0.976. The second-order valence-corrected chi connectivity index (χ2v) is 5.44. The second-order valence-electron chi connectivity index (χ2n) is 5.44. The normalized spacial score (nSPS) is 14.1. The molecule has 20 heavy (non-hydrogen) atoms. The fraction of sp³-hybridized carbons (Fsp3) is 0.412. The van der Waals surface area contributed by atoms with Gasteiger partial charge in [0, 0.05) is 5.56 Å². The summed E-state index contributed by atoms with van der Waals surface area (Å²) in [6, 6.07) is 5.01. The Hall–Kier alpha value is -1.74. The summed E-state index contributed by atoms with van der Waals surface area (Å²) < 4.78 is 5.12. The molecule has 0 bridgehead atoms. The van der Waals surface area contributed by atoms with Gasteiger partial charge in [0.25, 0.3) is 0 Å². The Kier molecular flexibility index (Phi) is 5.83. The molecule has 1 aromatic rings. The Balaban J connectivity index is 2.77. The molecule has 1 atom stereocenters. The van der Waals surface area contributed by atoms with Gasteiger partial charge in [-0.25, -0.2) is 0 Å². The van der Waals surface area contributed by atoms with Crippen LogP contribution in [-0.4, -0.2) is 22.9 Å². The Morgan fingerprint density at radius 2 is 2.05 bits per heavy atom. The van der Waals surface area contributed by atoms with Crippen molar-refractivity contribution in [3.8, 4) is 11.5 Å². The third kappa shape index (κ3) is 5.49. The molecule has 3 heteroatoms. The van der Waals surface area contributed by atoms with Gasteiger partial charge in [-0.2, -0.15) is 0 Å². The van der Waals surface area contributed by atoms with Gasteiger partial charge >= 0.3 is 0 Å². The van der Waals surface area contributed by atoms with Crippen molar-refractivity contribution in [1.82, 2.24) is 0 Å². The SMILES string of the molecule is COc1ccc(O)c(/C=C/[C@@](C)(O)CCC=C(C)C)c1. The van der Waals surface area contributed by atoms with Crippen molar-refractivity contribution in [2.75, 3.05) is 7.11 Å². The largest absolute Gasteiger partial charge is 0.507 e. The van der Waals surface area contributed by atoms with Crippen LogP contribution in [0.3, 0.4) is 0 Å². The fourth-order valence-corrected chi connectivity index (χ4v) is 1.80. The number of hydrogen-bond donors (Lipinski definition) is 2. The highest BCUT2D eigenvalue weighted by Gasteiger charge is 2.15. The van der Waals surface area contributed by atoms with Crippen LogP contribution in [0.1, 0.15) is 39.2 Å². The van der Waals surface area contributed by atoms with Crippen molar-refractivity contribution in [3.63, 3.8) is 0 Å². The fourth-order valence-electron chi connectivity index (χ4n) is 1.80. The highest BCUT2D eigenvalue weighted by molar-refractivity contribution is 5.59. The summed E-state index contributed by atoms with van der Waals surface area (Å²) in [6.07, 6.45) is 7.00. The summed E-state index contributed by atoms with van der Waals surface area (Å²) in [5, 5.41) is 20.1. The number of phenolic OH excluding ortho intramolecular Hbond substituents is 1. The lowest BCUT2D eigenvalue weighted by molar-refractivity contribution is 0.104. The van der Waals surface area contributed by atoms with E-state index in [1.807, 2.05) is 13.8 Å². The van der Waals surface area contributed by atoms with Gasteiger partial charge in [0.1, 0.15) is 11.5 Å². The molecular weight excluding hydrogens is 252 g/mol. The van der Waals surface area contributed by atoms with Crippen molar-refractivity contribution in [2.45, 2.75) is 39.2 Å². The molecule has 0 fully saturated rings. The number of phenols is 1. The molecule has 0 unspecified atom stereocenters. The van der Waals surface area contributed by atoms with Crippen LogP contribution in [-0.2, 0) is 0 Å². The summed E-state index contributed by atoms with van der Waals surface area (Å²) in [6.45, 7) is 5.84. The monoisotopic (exact) mass is 276 g/mol. The zero-order valence-corrected chi connectivity index (χ0v) is 12.7. The number of aliphatic hydroxyl groups is 1. The predicted octanol–water partition coefficient (Wildman–Crippen LogP) is 3.91. The number of benzene rings is 1. The van der Waals surface area contributed by atoms with Crippen molar-refractivity contribution in [1.29, 1.82) is 0 Å². The summed E-state index contributed by atoms with van der Waals surface area (Å²) in [4.78, 5) is 0. The van der Waals surface area contributed by atoms with Crippen LogP contribution in [0.5, 0.6) is 11.5 Å². The van der Waals surface area contributed by atoms with E-state index in [2.05, 4.69) is 6.08 Å². The Labute approximate surface area is 121 Å². The first-order valence-corrected chi connectivity index (χ1v) is 6.76. The van der Waals surface area contributed by atoms with E-state index in [0.717, 1.165) is 6.42 Å². The first-order chi connectivity index (χ1) is 9.34. The van der Waals surface area contributed by atoms with Gasteiger partial charge in [-0.1, -0.05) is 23.8 Å². The molecule has 0 aliphatic rings. The average molecular weight is 276 g/mol. The quantitative estimate of drug-likeness (QED) is 0.774. The van der Waals surface area contributed by atoms with Gasteiger partial charge in [-0.15, -0.1) is 0 Å². The van der Waals surface area contributed by atoms with E-state index in [4.69, 9.17) is 4.74 Å². The third-order valence-electron chi connectivity index (χ3n) is 3.06. The molecule has 1 aromatic carbocycles. The van der Waals surface area contributed by atoms with E-state index in [0.29, 0.717) is 17.7 Å². The van der Waals surface area contributed by atoms with E-state index < -0.39 is 5.60 Å². The maximum Gasteiger partial charge on any atom is 0.123 e. The number of methoxy groups -OCH3 is 1. The molecule has 0 aliphatic heterocycles. The number of allylic oxidation sites excluding steroid dienone is 2.